The minimum absolute atomic E-state index is 0.0135. The van der Waals surface area contributed by atoms with Gasteiger partial charge in [0.25, 0.3) is 5.91 Å². The van der Waals surface area contributed by atoms with Crippen LogP contribution in [0.3, 0.4) is 0 Å². The number of nitrogens with zero attached hydrogens (tertiary/aromatic N) is 2. The number of hydrogen-bond acceptors (Lipinski definition) is 5. The Labute approximate surface area is 163 Å². The van der Waals surface area contributed by atoms with Crippen molar-refractivity contribution in [3.05, 3.63) is 41.2 Å². The van der Waals surface area contributed by atoms with Crippen molar-refractivity contribution < 1.29 is 9.90 Å². The molecule has 1 amide bonds. The summed E-state index contributed by atoms with van der Waals surface area (Å²) in [6.45, 7) is 8.21. The van der Waals surface area contributed by atoms with Crippen LogP contribution in [0.5, 0.6) is 0 Å². The van der Waals surface area contributed by atoms with Crippen LogP contribution in [-0.2, 0) is 0 Å². The van der Waals surface area contributed by atoms with E-state index in [0.29, 0.717) is 12.0 Å². The van der Waals surface area contributed by atoms with Gasteiger partial charge < -0.3 is 20.7 Å². The summed E-state index contributed by atoms with van der Waals surface area (Å²) >= 11 is 0. The van der Waals surface area contributed by atoms with Crippen molar-refractivity contribution in [2.75, 3.05) is 11.9 Å². The zero-order valence-electron chi connectivity index (χ0n) is 16.6. The van der Waals surface area contributed by atoms with Crippen LogP contribution in [-0.4, -0.2) is 38.1 Å². The largest absolute Gasteiger partial charge is 0.396 e. The summed E-state index contributed by atoms with van der Waals surface area (Å²) in [7, 11) is 0. The Hall–Kier alpha value is -2.93. The average Bonchev–Trinajstić information content (AvgIpc) is 3.16. The summed E-state index contributed by atoms with van der Waals surface area (Å²) in [6, 6.07) is 7.53. The van der Waals surface area contributed by atoms with Crippen molar-refractivity contribution in [3.63, 3.8) is 0 Å². The number of hydrogen-bond donors (Lipinski definition) is 4. The molecule has 0 saturated carbocycles. The minimum Gasteiger partial charge on any atom is -0.396 e. The smallest absolute Gasteiger partial charge is 0.253 e. The maximum absolute atomic E-state index is 12.3. The van der Waals surface area contributed by atoms with Gasteiger partial charge in [0.05, 0.1) is 28.5 Å². The van der Waals surface area contributed by atoms with Crippen molar-refractivity contribution in [1.29, 1.82) is 0 Å². The van der Waals surface area contributed by atoms with Crippen molar-refractivity contribution in [3.8, 4) is 11.3 Å². The molecule has 4 rings (SSSR count). The lowest BCUT2D eigenvalue weighted by atomic mass is 10.1. The van der Waals surface area contributed by atoms with E-state index in [4.69, 9.17) is 9.97 Å². The molecule has 1 aliphatic rings. The van der Waals surface area contributed by atoms with Crippen LogP contribution < -0.4 is 10.6 Å². The van der Waals surface area contributed by atoms with Crippen LogP contribution in [0.1, 0.15) is 55.0 Å². The van der Waals surface area contributed by atoms with Crippen molar-refractivity contribution in [2.45, 2.75) is 45.7 Å². The molecule has 0 unspecified atom stereocenters. The number of aliphatic hydroxyl groups excluding tert-OH is 1. The van der Waals surface area contributed by atoms with Gasteiger partial charge in [0.1, 0.15) is 11.3 Å². The molecule has 3 aromatic rings. The molecule has 7 heteroatoms. The van der Waals surface area contributed by atoms with Gasteiger partial charge in [-0.2, -0.15) is 0 Å². The van der Waals surface area contributed by atoms with Gasteiger partial charge in [0, 0.05) is 23.4 Å². The van der Waals surface area contributed by atoms with Gasteiger partial charge in [0.2, 0.25) is 0 Å². The number of aliphatic hydroxyl groups is 1. The summed E-state index contributed by atoms with van der Waals surface area (Å²) in [5, 5.41) is 15.6. The number of amides is 1. The third kappa shape index (κ3) is 3.22. The first-order chi connectivity index (χ1) is 13.3. The number of carbonyl (C=O) groups is 1. The molecule has 0 saturated heterocycles. The first-order valence-corrected chi connectivity index (χ1v) is 9.47. The summed E-state index contributed by atoms with van der Waals surface area (Å²) in [5.41, 5.74) is 5.46. The Morgan fingerprint density at radius 2 is 2.00 bits per heavy atom. The van der Waals surface area contributed by atoms with E-state index < -0.39 is 0 Å². The van der Waals surface area contributed by atoms with Gasteiger partial charge in [0.15, 0.2) is 0 Å². The van der Waals surface area contributed by atoms with Crippen LogP contribution in [0.15, 0.2) is 24.3 Å². The fraction of sp³-hybridized carbons (Fsp3) is 0.381. The molecule has 0 bridgehead atoms. The van der Waals surface area contributed by atoms with Gasteiger partial charge in [-0.1, -0.05) is 12.1 Å². The van der Waals surface area contributed by atoms with Crippen LogP contribution in [0.2, 0.25) is 0 Å². The number of fused-ring (bicyclic) bond motifs is 2. The molecule has 0 radical (unpaired) electrons. The number of H-pyrrole nitrogens is 1. The van der Waals surface area contributed by atoms with E-state index in [1.807, 2.05) is 31.2 Å². The molecule has 0 spiro atoms. The molecule has 146 valence electrons. The summed E-state index contributed by atoms with van der Waals surface area (Å²) in [5.74, 6) is 0.635. The predicted octanol–water partition coefficient (Wildman–Crippen LogP) is 3.31. The molecule has 7 nitrogen and oxygen atoms in total. The average molecular weight is 379 g/mol. The molecule has 0 fully saturated rings. The molecule has 28 heavy (non-hydrogen) atoms. The number of para-hydroxylation sites is 1. The Bertz CT molecular complexity index is 1060. The van der Waals surface area contributed by atoms with Gasteiger partial charge in [-0.25, -0.2) is 9.97 Å². The van der Waals surface area contributed by atoms with Crippen molar-refractivity contribution in [2.24, 2.45) is 0 Å². The van der Waals surface area contributed by atoms with E-state index >= 15 is 0 Å². The number of anilines is 1. The third-order valence-electron chi connectivity index (χ3n) is 4.82. The number of rotatable bonds is 4. The lowest BCUT2D eigenvalue weighted by Gasteiger charge is -2.22. The number of aryl methyl sites for hydroxylation is 1. The molecule has 1 atom stereocenters. The van der Waals surface area contributed by atoms with Crippen LogP contribution in [0.4, 0.5) is 5.82 Å². The van der Waals surface area contributed by atoms with E-state index in [9.17, 15) is 9.90 Å². The van der Waals surface area contributed by atoms with Gasteiger partial charge >= 0.3 is 0 Å². The fourth-order valence-electron chi connectivity index (χ4n) is 3.59. The zero-order chi connectivity index (χ0) is 20.1. The quantitative estimate of drug-likeness (QED) is 0.557. The highest BCUT2D eigenvalue weighted by Crippen LogP contribution is 2.34. The van der Waals surface area contributed by atoms with Crippen molar-refractivity contribution >= 4 is 22.8 Å². The van der Waals surface area contributed by atoms with Crippen LogP contribution in [0, 0.1) is 6.92 Å². The minimum atomic E-state index is -0.192. The predicted molar refractivity (Wildman–Crippen MR) is 109 cm³/mol. The normalized spacial score (nSPS) is 16.3. The van der Waals surface area contributed by atoms with E-state index in [1.165, 1.54) is 0 Å². The number of aromatic amines is 1. The highest BCUT2D eigenvalue weighted by Gasteiger charge is 2.31. The number of carbonyl (C=O) groups excluding carboxylic acids is 1. The number of benzene rings is 1. The Kier molecular flexibility index (Phi) is 4.34. The lowest BCUT2D eigenvalue weighted by Crippen LogP contribution is -2.27. The molecule has 1 aliphatic heterocycles. The van der Waals surface area contributed by atoms with Gasteiger partial charge in [-0.3, -0.25) is 4.79 Å². The molecule has 4 N–H and O–H groups in total. The van der Waals surface area contributed by atoms with Gasteiger partial charge in [-0.15, -0.1) is 0 Å². The maximum atomic E-state index is 12.3. The summed E-state index contributed by atoms with van der Waals surface area (Å²) < 4.78 is 0. The molecule has 2 aromatic heterocycles. The number of aromatic nitrogens is 3. The Morgan fingerprint density at radius 3 is 2.71 bits per heavy atom. The van der Waals surface area contributed by atoms with E-state index in [0.717, 1.165) is 39.5 Å². The van der Waals surface area contributed by atoms with Crippen molar-refractivity contribution in [1.82, 2.24) is 20.3 Å². The summed E-state index contributed by atoms with van der Waals surface area (Å²) in [6.07, 6.45) is 0.479. The van der Waals surface area contributed by atoms with Gasteiger partial charge in [-0.05, 0) is 46.2 Å². The molecular formula is C21H25N5O2. The second kappa shape index (κ2) is 6.60. The SMILES string of the molecule is Cc1nc2cccc(-c3cc4c([nH]3)[C@@H](CCO)NC4=O)c2nc1NC(C)(C)C. The van der Waals surface area contributed by atoms with Crippen LogP contribution in [0.25, 0.3) is 22.3 Å². The monoisotopic (exact) mass is 379 g/mol. The third-order valence-corrected chi connectivity index (χ3v) is 4.82. The first-order valence-electron chi connectivity index (χ1n) is 9.47. The molecular weight excluding hydrogens is 354 g/mol. The number of nitrogens with one attached hydrogen (secondary N) is 3. The Morgan fingerprint density at radius 1 is 1.21 bits per heavy atom. The zero-order valence-corrected chi connectivity index (χ0v) is 16.6. The standard InChI is InChI=1S/C21H25N5O2/c1-11-19(26-21(2,3)4)25-17-12(6-5-7-14(17)22-11)16-10-13-18(23-16)15(8-9-27)24-20(13)28/h5-7,10,15,23,27H,8-9H2,1-4H3,(H,24,28)(H,25,26)/t15-/m1/s1. The highest BCUT2D eigenvalue weighted by atomic mass is 16.3. The fourth-order valence-corrected chi connectivity index (χ4v) is 3.59. The second-order valence-electron chi connectivity index (χ2n) is 8.25. The highest BCUT2D eigenvalue weighted by molar-refractivity contribution is 6.01. The van der Waals surface area contributed by atoms with E-state index in [2.05, 4.69) is 36.4 Å². The second-order valence-corrected chi connectivity index (χ2v) is 8.25. The van der Waals surface area contributed by atoms with E-state index in [-0.39, 0.29) is 24.1 Å². The maximum Gasteiger partial charge on any atom is 0.253 e. The molecule has 1 aromatic carbocycles. The molecule has 3 heterocycles. The lowest BCUT2D eigenvalue weighted by molar-refractivity contribution is 0.0951. The van der Waals surface area contributed by atoms with Crippen LogP contribution >= 0.6 is 0 Å². The Balaban J connectivity index is 1.84. The summed E-state index contributed by atoms with van der Waals surface area (Å²) in [4.78, 5) is 25.2. The first kappa shape index (κ1) is 18.4. The topological polar surface area (TPSA) is 103 Å². The van der Waals surface area contributed by atoms with E-state index in [1.54, 1.807) is 0 Å². The molecule has 0 aliphatic carbocycles.